The predicted octanol–water partition coefficient (Wildman–Crippen LogP) is 2.04. The first kappa shape index (κ1) is 16.2. The number of carbonyl (C=O) groups excluding carboxylic acids is 1. The van der Waals surface area contributed by atoms with Crippen LogP contribution in [0.5, 0.6) is 0 Å². The number of anilines is 1. The lowest BCUT2D eigenvalue weighted by Gasteiger charge is -2.36. The van der Waals surface area contributed by atoms with E-state index in [0.717, 1.165) is 12.4 Å². The van der Waals surface area contributed by atoms with Gasteiger partial charge in [-0.1, -0.05) is 6.07 Å². The molecule has 2 aromatic heterocycles. The minimum atomic E-state index is -0.0149. The molecule has 1 aliphatic rings. The Morgan fingerprint density at radius 1 is 1.48 bits per heavy atom. The van der Waals surface area contributed by atoms with Gasteiger partial charge in [-0.05, 0) is 25.3 Å². The van der Waals surface area contributed by atoms with E-state index in [9.17, 15) is 4.79 Å². The second-order valence-electron chi connectivity index (χ2n) is 5.92. The molecular formula is C16H22N4O2S. The van der Waals surface area contributed by atoms with Crippen LogP contribution in [0.3, 0.4) is 0 Å². The number of nitrogens with one attached hydrogen (secondary N) is 1. The summed E-state index contributed by atoms with van der Waals surface area (Å²) >= 11 is 1.68. The minimum absolute atomic E-state index is 0.0149. The molecule has 0 aromatic carbocycles. The average Bonchev–Trinajstić information content (AvgIpc) is 3.16. The van der Waals surface area contributed by atoms with Crippen LogP contribution in [0.1, 0.15) is 18.7 Å². The summed E-state index contributed by atoms with van der Waals surface area (Å²) in [6.07, 6.45) is 1.88. The number of hydrogen-bond donors (Lipinski definition) is 1. The van der Waals surface area contributed by atoms with E-state index >= 15 is 0 Å². The van der Waals surface area contributed by atoms with Crippen molar-refractivity contribution in [2.75, 3.05) is 25.0 Å². The lowest BCUT2D eigenvalue weighted by molar-refractivity contribution is -0.121. The maximum Gasteiger partial charge on any atom is 0.239 e. The van der Waals surface area contributed by atoms with E-state index in [-0.39, 0.29) is 18.1 Å². The van der Waals surface area contributed by atoms with Gasteiger partial charge in [-0.3, -0.25) is 9.69 Å². The maximum absolute atomic E-state index is 12.4. The summed E-state index contributed by atoms with van der Waals surface area (Å²) in [7, 11) is 0. The molecule has 2 aromatic rings. The first-order valence-corrected chi connectivity index (χ1v) is 8.69. The summed E-state index contributed by atoms with van der Waals surface area (Å²) in [6, 6.07) is 6.17. The van der Waals surface area contributed by atoms with Crippen molar-refractivity contribution in [1.82, 2.24) is 14.7 Å². The molecule has 0 aliphatic carbocycles. The second-order valence-corrected chi connectivity index (χ2v) is 6.96. The Morgan fingerprint density at radius 3 is 3.13 bits per heavy atom. The van der Waals surface area contributed by atoms with Crippen LogP contribution < -0.4 is 5.32 Å². The van der Waals surface area contributed by atoms with Crippen LogP contribution in [0.4, 0.5) is 5.82 Å². The van der Waals surface area contributed by atoms with E-state index < -0.39 is 0 Å². The molecule has 3 rings (SSSR count). The van der Waals surface area contributed by atoms with Gasteiger partial charge in [0.1, 0.15) is 5.82 Å². The summed E-state index contributed by atoms with van der Waals surface area (Å²) in [4.78, 5) is 15.7. The molecule has 2 atom stereocenters. The van der Waals surface area contributed by atoms with Crippen LogP contribution in [0.2, 0.25) is 0 Å². The number of rotatable bonds is 5. The zero-order valence-electron chi connectivity index (χ0n) is 13.4. The topological polar surface area (TPSA) is 59.4 Å². The van der Waals surface area contributed by atoms with Crippen molar-refractivity contribution in [3.05, 3.63) is 34.7 Å². The quantitative estimate of drug-likeness (QED) is 0.909. The zero-order chi connectivity index (χ0) is 16.2. The Kier molecular flexibility index (Phi) is 5.09. The fourth-order valence-electron chi connectivity index (χ4n) is 2.67. The third kappa shape index (κ3) is 4.19. The molecule has 0 spiro atoms. The van der Waals surface area contributed by atoms with Gasteiger partial charge in [0.25, 0.3) is 0 Å². The van der Waals surface area contributed by atoms with Gasteiger partial charge in [0, 0.05) is 23.5 Å². The highest BCUT2D eigenvalue weighted by atomic mass is 32.1. The first-order chi connectivity index (χ1) is 11.1. The molecule has 3 heterocycles. The number of ether oxygens (including phenoxy) is 1. The van der Waals surface area contributed by atoms with Crippen molar-refractivity contribution in [3.8, 4) is 0 Å². The van der Waals surface area contributed by atoms with Crippen LogP contribution in [-0.2, 0) is 16.1 Å². The van der Waals surface area contributed by atoms with Crippen LogP contribution >= 0.6 is 11.3 Å². The Balaban J connectivity index is 1.59. The summed E-state index contributed by atoms with van der Waals surface area (Å²) < 4.78 is 7.41. The summed E-state index contributed by atoms with van der Waals surface area (Å²) in [6.45, 7) is 6.62. The van der Waals surface area contributed by atoms with Gasteiger partial charge >= 0.3 is 0 Å². The molecule has 0 bridgehead atoms. The number of thiophene rings is 1. The Labute approximate surface area is 140 Å². The summed E-state index contributed by atoms with van der Waals surface area (Å²) in [5, 5.41) is 9.30. The average molecular weight is 334 g/mol. The van der Waals surface area contributed by atoms with Crippen LogP contribution in [0, 0.1) is 0 Å². The van der Waals surface area contributed by atoms with Gasteiger partial charge in [-0.15, -0.1) is 11.3 Å². The molecule has 1 N–H and O–H groups in total. The summed E-state index contributed by atoms with van der Waals surface area (Å²) in [5.41, 5.74) is 0. The summed E-state index contributed by atoms with van der Waals surface area (Å²) in [5.74, 6) is 0.719. The SMILES string of the molecule is C[C@@H]1CN(CC(=O)Nc2ccnn2Cc2cccs2)[C@H](C)CO1. The standard InChI is InChI=1S/C16H22N4O2S/c1-12-11-22-13(2)8-19(12)10-16(21)18-15-5-6-17-20(15)9-14-4-3-7-23-14/h3-7,12-13H,8-11H2,1-2H3,(H,18,21)/t12-,13-/m1/s1. The molecule has 1 amide bonds. The van der Waals surface area contributed by atoms with Gasteiger partial charge in [-0.25, -0.2) is 4.68 Å². The smallest absolute Gasteiger partial charge is 0.239 e. The van der Waals surface area contributed by atoms with E-state index in [1.165, 1.54) is 4.88 Å². The van der Waals surface area contributed by atoms with Crippen molar-refractivity contribution in [2.45, 2.75) is 32.5 Å². The van der Waals surface area contributed by atoms with E-state index in [2.05, 4.69) is 28.3 Å². The zero-order valence-corrected chi connectivity index (χ0v) is 14.3. The van der Waals surface area contributed by atoms with Gasteiger partial charge in [0.15, 0.2) is 0 Å². The van der Waals surface area contributed by atoms with Crippen LogP contribution in [0.25, 0.3) is 0 Å². The fraction of sp³-hybridized carbons (Fsp3) is 0.500. The Hall–Kier alpha value is -1.70. The lowest BCUT2D eigenvalue weighted by Crippen LogP contribution is -2.50. The molecule has 0 saturated carbocycles. The van der Waals surface area contributed by atoms with Gasteiger partial charge < -0.3 is 10.1 Å². The maximum atomic E-state index is 12.4. The highest BCUT2D eigenvalue weighted by molar-refractivity contribution is 7.09. The van der Waals surface area contributed by atoms with E-state index in [1.807, 2.05) is 29.1 Å². The van der Waals surface area contributed by atoms with Crippen molar-refractivity contribution in [2.24, 2.45) is 0 Å². The minimum Gasteiger partial charge on any atom is -0.376 e. The molecule has 23 heavy (non-hydrogen) atoms. The molecule has 0 unspecified atom stereocenters. The normalized spacial score (nSPS) is 22.2. The van der Waals surface area contributed by atoms with Crippen LogP contribution in [-0.4, -0.2) is 52.4 Å². The molecule has 7 heteroatoms. The van der Waals surface area contributed by atoms with E-state index in [4.69, 9.17) is 4.74 Å². The van der Waals surface area contributed by atoms with Crippen molar-refractivity contribution < 1.29 is 9.53 Å². The Morgan fingerprint density at radius 2 is 2.35 bits per heavy atom. The van der Waals surface area contributed by atoms with Crippen molar-refractivity contribution >= 4 is 23.1 Å². The molecule has 0 radical (unpaired) electrons. The highest BCUT2D eigenvalue weighted by Crippen LogP contribution is 2.15. The van der Waals surface area contributed by atoms with Crippen molar-refractivity contribution in [1.29, 1.82) is 0 Å². The number of hydrogen-bond acceptors (Lipinski definition) is 5. The number of carbonyl (C=O) groups is 1. The fourth-order valence-corrected chi connectivity index (χ4v) is 3.36. The molecule has 1 saturated heterocycles. The Bertz CT molecular complexity index is 640. The van der Waals surface area contributed by atoms with Gasteiger partial charge in [-0.2, -0.15) is 5.10 Å². The third-order valence-electron chi connectivity index (χ3n) is 3.95. The van der Waals surface area contributed by atoms with Gasteiger partial charge in [0.05, 0.1) is 32.0 Å². The van der Waals surface area contributed by atoms with E-state index in [0.29, 0.717) is 19.7 Å². The highest BCUT2D eigenvalue weighted by Gasteiger charge is 2.25. The monoisotopic (exact) mass is 334 g/mol. The van der Waals surface area contributed by atoms with Crippen LogP contribution in [0.15, 0.2) is 29.8 Å². The number of morpholine rings is 1. The third-order valence-corrected chi connectivity index (χ3v) is 4.81. The molecule has 124 valence electrons. The molecule has 6 nitrogen and oxygen atoms in total. The lowest BCUT2D eigenvalue weighted by atomic mass is 10.2. The molecule has 1 aliphatic heterocycles. The predicted molar refractivity (Wildman–Crippen MR) is 90.7 cm³/mol. The molecule has 1 fully saturated rings. The number of nitrogens with zero attached hydrogens (tertiary/aromatic N) is 3. The van der Waals surface area contributed by atoms with E-state index in [1.54, 1.807) is 17.5 Å². The first-order valence-electron chi connectivity index (χ1n) is 7.81. The van der Waals surface area contributed by atoms with Crippen molar-refractivity contribution in [3.63, 3.8) is 0 Å². The molecular weight excluding hydrogens is 312 g/mol. The second kappa shape index (κ2) is 7.25. The number of aromatic nitrogens is 2. The van der Waals surface area contributed by atoms with Gasteiger partial charge in [0.2, 0.25) is 5.91 Å². The number of amides is 1. The largest absolute Gasteiger partial charge is 0.376 e.